The number of rotatable bonds is 2. The average Bonchev–Trinajstić information content (AvgIpc) is 2.27. The summed E-state index contributed by atoms with van der Waals surface area (Å²) < 4.78 is 0.625. The summed E-state index contributed by atoms with van der Waals surface area (Å²) >= 11 is 17.3. The van der Waals surface area contributed by atoms with Gasteiger partial charge in [0, 0.05) is 26.9 Å². The quantitative estimate of drug-likeness (QED) is 0.792. The third-order valence-electron chi connectivity index (χ3n) is 2.72. The Balaban J connectivity index is 2.61. The van der Waals surface area contributed by atoms with Crippen LogP contribution in [0.5, 0.6) is 0 Å². The highest BCUT2D eigenvalue weighted by atomic mass is 35.5. The SMILES string of the molecule is CCc1c(C)[nH]c(-c2cc(Cl)cc(Cl)c2)nc1=S. The normalized spacial score (nSPS) is 10.7. The molecule has 0 fully saturated rings. The second-order valence-corrected chi connectivity index (χ2v) is 5.27. The van der Waals surface area contributed by atoms with Crippen molar-refractivity contribution in [1.82, 2.24) is 9.97 Å². The number of hydrogen-bond donors (Lipinski definition) is 1. The van der Waals surface area contributed by atoms with E-state index in [4.69, 9.17) is 35.4 Å². The van der Waals surface area contributed by atoms with E-state index in [1.165, 1.54) is 0 Å². The van der Waals surface area contributed by atoms with Crippen LogP contribution < -0.4 is 0 Å². The van der Waals surface area contributed by atoms with Crippen molar-refractivity contribution in [2.45, 2.75) is 20.3 Å². The molecule has 0 aliphatic rings. The first-order valence-corrected chi connectivity index (χ1v) is 6.74. The first kappa shape index (κ1) is 13.5. The fraction of sp³-hybridized carbons (Fsp3) is 0.231. The predicted molar refractivity (Wildman–Crippen MR) is 79.0 cm³/mol. The van der Waals surface area contributed by atoms with Gasteiger partial charge in [-0.3, -0.25) is 0 Å². The van der Waals surface area contributed by atoms with Gasteiger partial charge in [-0.2, -0.15) is 0 Å². The van der Waals surface area contributed by atoms with Crippen LogP contribution in [0, 0.1) is 11.6 Å². The summed E-state index contributed by atoms with van der Waals surface area (Å²) in [5.41, 5.74) is 2.94. The highest BCUT2D eigenvalue weighted by Crippen LogP contribution is 2.25. The Bertz CT molecular complexity index is 630. The largest absolute Gasteiger partial charge is 0.343 e. The molecule has 0 saturated carbocycles. The molecule has 0 radical (unpaired) electrons. The van der Waals surface area contributed by atoms with Crippen molar-refractivity contribution in [3.8, 4) is 11.4 Å². The highest BCUT2D eigenvalue weighted by molar-refractivity contribution is 7.71. The molecule has 94 valence electrons. The third kappa shape index (κ3) is 2.74. The molecule has 18 heavy (non-hydrogen) atoms. The number of nitrogens with zero attached hydrogens (tertiary/aromatic N) is 1. The number of halogens is 2. The van der Waals surface area contributed by atoms with Gasteiger partial charge in [-0.25, -0.2) is 4.98 Å². The molecule has 0 aliphatic carbocycles. The van der Waals surface area contributed by atoms with Gasteiger partial charge in [0.1, 0.15) is 10.5 Å². The second-order valence-electron chi connectivity index (χ2n) is 4.01. The second kappa shape index (κ2) is 5.39. The van der Waals surface area contributed by atoms with E-state index in [-0.39, 0.29) is 0 Å². The molecule has 0 bridgehead atoms. The van der Waals surface area contributed by atoms with E-state index in [0.717, 1.165) is 23.2 Å². The zero-order chi connectivity index (χ0) is 13.3. The summed E-state index contributed by atoms with van der Waals surface area (Å²) in [5, 5.41) is 1.16. The molecular weight excluding hydrogens is 287 g/mol. The summed E-state index contributed by atoms with van der Waals surface area (Å²) in [5.74, 6) is 0.694. The van der Waals surface area contributed by atoms with Crippen LogP contribution in [0.3, 0.4) is 0 Å². The van der Waals surface area contributed by atoms with Gasteiger partial charge in [-0.05, 0) is 31.5 Å². The molecule has 2 rings (SSSR count). The van der Waals surface area contributed by atoms with Crippen molar-refractivity contribution in [3.63, 3.8) is 0 Å². The van der Waals surface area contributed by atoms with Gasteiger partial charge in [-0.1, -0.05) is 42.3 Å². The van der Waals surface area contributed by atoms with Crippen LogP contribution >= 0.6 is 35.4 Å². The number of nitrogens with one attached hydrogen (secondary N) is 1. The summed E-state index contributed by atoms with van der Waals surface area (Å²) in [7, 11) is 0. The van der Waals surface area contributed by atoms with Crippen LogP contribution in [0.2, 0.25) is 10.0 Å². The topological polar surface area (TPSA) is 28.7 Å². The fourth-order valence-electron chi connectivity index (χ4n) is 1.85. The number of aromatic nitrogens is 2. The van der Waals surface area contributed by atoms with Crippen molar-refractivity contribution in [2.24, 2.45) is 0 Å². The number of aromatic amines is 1. The molecular formula is C13H12Cl2N2S. The molecule has 0 unspecified atom stereocenters. The smallest absolute Gasteiger partial charge is 0.139 e. The molecule has 1 aromatic carbocycles. The lowest BCUT2D eigenvalue weighted by Gasteiger charge is -2.08. The van der Waals surface area contributed by atoms with Crippen LogP contribution in [0.4, 0.5) is 0 Å². The van der Waals surface area contributed by atoms with Crippen molar-refractivity contribution in [1.29, 1.82) is 0 Å². The average molecular weight is 299 g/mol. The van der Waals surface area contributed by atoms with Gasteiger partial charge < -0.3 is 4.98 Å². The molecule has 1 N–H and O–H groups in total. The Morgan fingerprint density at radius 2 is 1.83 bits per heavy atom. The first-order valence-electron chi connectivity index (χ1n) is 5.57. The van der Waals surface area contributed by atoms with Crippen LogP contribution in [-0.2, 0) is 6.42 Å². The Kier molecular flexibility index (Phi) is 4.05. The van der Waals surface area contributed by atoms with Crippen LogP contribution in [0.25, 0.3) is 11.4 Å². The number of aryl methyl sites for hydroxylation is 1. The summed E-state index contributed by atoms with van der Waals surface area (Å²) in [4.78, 5) is 7.64. The van der Waals surface area contributed by atoms with Crippen molar-refractivity contribution in [3.05, 3.63) is 44.1 Å². The summed E-state index contributed by atoms with van der Waals surface area (Å²) in [6, 6.07) is 5.31. The van der Waals surface area contributed by atoms with Crippen molar-refractivity contribution < 1.29 is 0 Å². The fourth-order valence-corrected chi connectivity index (χ4v) is 2.77. The summed E-state index contributed by atoms with van der Waals surface area (Å²) in [6.45, 7) is 4.05. The lowest BCUT2D eigenvalue weighted by Crippen LogP contribution is -1.99. The van der Waals surface area contributed by atoms with E-state index >= 15 is 0 Å². The van der Waals surface area contributed by atoms with Gasteiger partial charge in [0.25, 0.3) is 0 Å². The molecule has 2 aromatic rings. The van der Waals surface area contributed by atoms with Crippen molar-refractivity contribution >= 4 is 35.4 Å². The molecule has 1 heterocycles. The van der Waals surface area contributed by atoms with E-state index in [2.05, 4.69) is 16.9 Å². The van der Waals surface area contributed by atoms with Crippen LogP contribution in [-0.4, -0.2) is 9.97 Å². The zero-order valence-electron chi connectivity index (χ0n) is 10.1. The molecule has 0 amide bonds. The van der Waals surface area contributed by atoms with E-state index in [0.29, 0.717) is 20.5 Å². The van der Waals surface area contributed by atoms with E-state index in [1.807, 2.05) is 19.1 Å². The van der Waals surface area contributed by atoms with Gasteiger partial charge in [0.05, 0.1) is 0 Å². The maximum absolute atomic E-state index is 5.99. The molecule has 0 spiro atoms. The first-order chi connectivity index (χ1) is 8.51. The monoisotopic (exact) mass is 298 g/mol. The standard InChI is InChI=1S/C13H12Cl2N2S/c1-3-11-7(2)16-12(17-13(11)18)8-4-9(14)6-10(15)5-8/h4-6H,3H2,1-2H3,(H,16,17,18). The number of hydrogen-bond acceptors (Lipinski definition) is 2. The van der Waals surface area contributed by atoms with Gasteiger partial charge in [0.2, 0.25) is 0 Å². The minimum Gasteiger partial charge on any atom is -0.343 e. The predicted octanol–water partition coefficient (Wildman–Crippen LogP) is 4.98. The molecule has 2 nitrogen and oxygen atoms in total. The highest BCUT2D eigenvalue weighted by Gasteiger charge is 2.07. The van der Waals surface area contributed by atoms with Crippen LogP contribution in [0.1, 0.15) is 18.2 Å². The minimum atomic E-state index is 0.579. The van der Waals surface area contributed by atoms with E-state index < -0.39 is 0 Å². The van der Waals surface area contributed by atoms with Crippen molar-refractivity contribution in [2.75, 3.05) is 0 Å². The third-order valence-corrected chi connectivity index (χ3v) is 3.49. The number of H-pyrrole nitrogens is 1. The Hall–Kier alpha value is -0.900. The zero-order valence-corrected chi connectivity index (χ0v) is 12.4. The lowest BCUT2D eigenvalue weighted by molar-refractivity contribution is 0.989. The molecule has 0 aliphatic heterocycles. The van der Waals surface area contributed by atoms with Gasteiger partial charge in [0.15, 0.2) is 0 Å². The minimum absolute atomic E-state index is 0.579. The maximum atomic E-state index is 5.99. The lowest BCUT2D eigenvalue weighted by atomic mass is 10.1. The molecule has 0 atom stereocenters. The maximum Gasteiger partial charge on any atom is 0.139 e. The Morgan fingerprint density at radius 3 is 2.33 bits per heavy atom. The van der Waals surface area contributed by atoms with Gasteiger partial charge in [-0.15, -0.1) is 0 Å². The Labute approximate surface area is 121 Å². The summed E-state index contributed by atoms with van der Waals surface area (Å²) in [6.07, 6.45) is 0.866. The number of benzene rings is 1. The van der Waals surface area contributed by atoms with Gasteiger partial charge >= 0.3 is 0 Å². The molecule has 5 heteroatoms. The van der Waals surface area contributed by atoms with E-state index in [1.54, 1.807) is 6.07 Å². The van der Waals surface area contributed by atoms with E-state index in [9.17, 15) is 0 Å². The van der Waals surface area contributed by atoms with Crippen LogP contribution in [0.15, 0.2) is 18.2 Å². The molecule has 0 saturated heterocycles. The molecule has 1 aromatic heterocycles. The Morgan fingerprint density at radius 1 is 1.22 bits per heavy atom.